The predicted molar refractivity (Wildman–Crippen MR) is 283 cm³/mol. The molecule has 2 aliphatic heterocycles. The molecular weight excluding hydrogens is 1040 g/mol. The summed E-state index contributed by atoms with van der Waals surface area (Å²) >= 11 is 1.64. The molecule has 0 saturated carbocycles. The lowest BCUT2D eigenvalue weighted by molar-refractivity contribution is -0.187. The Hall–Kier alpha value is -7.53. The molecule has 0 unspecified atom stereocenters. The van der Waals surface area contributed by atoms with E-state index < -0.39 is 60.6 Å². The number of likely N-dealkylation sites (tertiary alicyclic amines) is 1. The molecule has 3 aliphatic rings. The van der Waals surface area contributed by atoms with Gasteiger partial charge >= 0.3 is 12.2 Å². The summed E-state index contributed by atoms with van der Waals surface area (Å²) in [5.41, 5.74) is 6.54. The molecule has 2 fully saturated rings. The molecular formula is C55H66F4N10O8S. The number of carbonyl (C=O) groups excluding carboxylic acids is 7. The van der Waals surface area contributed by atoms with Gasteiger partial charge in [0.15, 0.2) is 0 Å². The zero-order valence-electron chi connectivity index (χ0n) is 44.2. The van der Waals surface area contributed by atoms with Crippen LogP contribution < -0.4 is 21.3 Å². The highest BCUT2D eigenvalue weighted by atomic mass is 32.1. The standard InChI is InChI=1S/C39H44F4N8O7.C12H12N2OS.C4H10/c1-24(39(41,42)43)50(19-25-5-8-29(40)9-6-25)35(56)23-51-36(57)38(47-37(51)58)13-11-27-16-26(7-10-31(27)38)28-17-46-49(20-28)22-33(54)44-14-3-2-4-32(53)45-18-34(55)48-15-12-30(52)21-48;1-9-12(16-8-14-9)11-4-2-10(3-5-11)6-13-7-15;1-4(2)3/h5-10,16-17,20,24,30,52H,2-4,11-15,18-19,21-23H2,1H3,(H,44,54)(H,45,53)(H,47,58);2-5,7-8H,6H2,1H3,(H,13,15);4H,1-3H3/t24-,30+,38-;;/m0../s1. The smallest absolute Gasteiger partial charge is 0.391 e. The van der Waals surface area contributed by atoms with E-state index >= 15 is 0 Å². The Labute approximate surface area is 454 Å². The first-order valence-electron chi connectivity index (χ1n) is 25.6. The molecule has 0 bridgehead atoms. The van der Waals surface area contributed by atoms with Crippen LogP contribution in [0.15, 0.2) is 84.6 Å². The average Bonchev–Trinajstić information content (AvgIpc) is 4.46. The molecule has 78 heavy (non-hydrogen) atoms. The molecule has 0 radical (unpaired) electrons. The lowest BCUT2D eigenvalue weighted by Crippen LogP contribution is -2.51. The van der Waals surface area contributed by atoms with E-state index in [1.807, 2.05) is 30.6 Å². The van der Waals surface area contributed by atoms with Crippen LogP contribution in [-0.4, -0.2) is 128 Å². The summed E-state index contributed by atoms with van der Waals surface area (Å²) in [5, 5.41) is 24.5. The normalized spacial score (nSPS) is 16.9. The molecule has 18 nitrogen and oxygen atoms in total. The van der Waals surface area contributed by atoms with E-state index in [4.69, 9.17) is 0 Å². The summed E-state index contributed by atoms with van der Waals surface area (Å²) in [5.74, 6) is -2.45. The van der Waals surface area contributed by atoms with Crippen molar-refractivity contribution in [1.29, 1.82) is 0 Å². The van der Waals surface area contributed by atoms with Gasteiger partial charge in [0.2, 0.25) is 30.0 Å². The number of nitrogens with zero attached hydrogens (tertiary/aromatic N) is 6. The number of unbranched alkanes of at least 4 members (excludes halogenated alkanes) is 1. The monoisotopic (exact) mass is 1100 g/mol. The number of β-amino-alcohol motifs (C(OH)–C–C–N with tert-alkyl or cyclic N) is 1. The Morgan fingerprint density at radius 2 is 1.63 bits per heavy atom. The predicted octanol–water partition coefficient (Wildman–Crippen LogP) is 6.38. The lowest BCUT2D eigenvalue weighted by Gasteiger charge is -2.32. The first-order valence-corrected chi connectivity index (χ1v) is 26.5. The maximum absolute atomic E-state index is 13.8. The van der Waals surface area contributed by atoms with E-state index in [0.717, 1.165) is 47.4 Å². The van der Waals surface area contributed by atoms with E-state index in [9.17, 15) is 56.2 Å². The fraction of sp³-hybridized carbons (Fsp3) is 0.436. The average molecular weight is 1100 g/mol. The molecule has 4 heterocycles. The van der Waals surface area contributed by atoms with Crippen molar-refractivity contribution in [2.45, 2.75) is 117 Å². The molecule has 3 atom stereocenters. The lowest BCUT2D eigenvalue weighted by atomic mass is 9.90. The Morgan fingerprint density at radius 3 is 2.27 bits per heavy atom. The van der Waals surface area contributed by atoms with E-state index in [2.05, 4.69) is 64.3 Å². The van der Waals surface area contributed by atoms with E-state index in [0.29, 0.717) is 72.7 Å². The number of carbonyl (C=O) groups is 7. The number of benzene rings is 3. The van der Waals surface area contributed by atoms with E-state index in [1.54, 1.807) is 35.9 Å². The second-order valence-electron chi connectivity index (χ2n) is 20.0. The number of nitrogens with one attached hydrogen (secondary N) is 4. The van der Waals surface area contributed by atoms with Gasteiger partial charge in [-0.25, -0.2) is 14.2 Å². The van der Waals surface area contributed by atoms with Crippen molar-refractivity contribution in [3.8, 4) is 21.6 Å². The third-order valence-electron chi connectivity index (χ3n) is 13.1. The number of aryl methyl sites for hydroxylation is 2. The quantitative estimate of drug-likeness (QED) is 0.0265. The van der Waals surface area contributed by atoms with Crippen LogP contribution in [0.25, 0.3) is 21.6 Å². The molecule has 23 heteroatoms. The number of hydrogen-bond donors (Lipinski definition) is 5. The number of aliphatic hydroxyl groups is 1. The Bertz CT molecular complexity index is 2890. The number of rotatable bonds is 19. The summed E-state index contributed by atoms with van der Waals surface area (Å²) in [4.78, 5) is 95.4. The maximum Gasteiger partial charge on any atom is 0.408 e. The Kier molecular flexibility index (Phi) is 20.8. The van der Waals surface area contributed by atoms with Gasteiger partial charge in [-0.1, -0.05) is 75.4 Å². The third kappa shape index (κ3) is 16.0. The summed E-state index contributed by atoms with van der Waals surface area (Å²) in [7, 11) is 0. The number of thiazole rings is 1. The molecule has 1 aliphatic carbocycles. The van der Waals surface area contributed by atoms with Crippen LogP contribution in [0.3, 0.4) is 0 Å². The largest absolute Gasteiger partial charge is 0.408 e. The maximum atomic E-state index is 13.8. The van der Waals surface area contributed by atoms with Gasteiger partial charge in [-0.15, -0.1) is 11.3 Å². The van der Waals surface area contributed by atoms with Crippen LogP contribution in [0.4, 0.5) is 22.4 Å². The molecule has 5 aromatic rings. The second kappa shape index (κ2) is 27.2. The van der Waals surface area contributed by atoms with Crippen molar-refractivity contribution in [3.05, 3.63) is 118 Å². The zero-order chi connectivity index (χ0) is 56.7. The van der Waals surface area contributed by atoms with E-state index in [-0.39, 0.29) is 55.8 Å². The van der Waals surface area contributed by atoms with Gasteiger partial charge < -0.3 is 36.2 Å². The minimum absolute atomic E-state index is 0.0694. The summed E-state index contributed by atoms with van der Waals surface area (Å²) in [6.07, 6.45) is 0.908. The summed E-state index contributed by atoms with van der Waals surface area (Å²) < 4.78 is 56.3. The third-order valence-corrected chi connectivity index (χ3v) is 14.0. The summed E-state index contributed by atoms with van der Waals surface area (Å²) in [6, 6.07) is 14.8. The number of halogens is 4. The number of fused-ring (bicyclic) bond motifs is 2. The molecule has 5 N–H and O–H groups in total. The van der Waals surface area contributed by atoms with Gasteiger partial charge in [0, 0.05) is 50.9 Å². The Morgan fingerprint density at radius 1 is 0.936 bits per heavy atom. The highest BCUT2D eigenvalue weighted by molar-refractivity contribution is 7.13. The van der Waals surface area contributed by atoms with Gasteiger partial charge in [0.1, 0.15) is 30.5 Å². The molecule has 2 aromatic heterocycles. The minimum Gasteiger partial charge on any atom is -0.391 e. The zero-order valence-corrected chi connectivity index (χ0v) is 45.0. The van der Waals surface area contributed by atoms with Crippen LogP contribution in [0.2, 0.25) is 0 Å². The minimum atomic E-state index is -4.81. The number of amides is 8. The topological polar surface area (TPSA) is 228 Å². The van der Waals surface area contributed by atoms with E-state index in [1.165, 1.54) is 32.2 Å². The molecule has 2 saturated heterocycles. The van der Waals surface area contributed by atoms with Gasteiger partial charge in [-0.2, -0.15) is 18.3 Å². The molecule has 1 spiro atoms. The van der Waals surface area contributed by atoms with Crippen LogP contribution >= 0.6 is 11.3 Å². The molecule has 3 aromatic carbocycles. The fourth-order valence-electron chi connectivity index (χ4n) is 8.90. The van der Waals surface area contributed by atoms with Crippen molar-refractivity contribution in [3.63, 3.8) is 0 Å². The van der Waals surface area contributed by atoms with Crippen LogP contribution in [-0.2, 0) is 60.4 Å². The van der Waals surface area contributed by atoms with Crippen molar-refractivity contribution in [2.24, 2.45) is 5.92 Å². The number of alkyl halides is 3. The Balaban J connectivity index is 0.000000411. The fourth-order valence-corrected chi connectivity index (χ4v) is 9.71. The first-order chi connectivity index (χ1) is 37.1. The van der Waals surface area contributed by atoms with Crippen LogP contribution in [0, 0.1) is 18.7 Å². The number of imide groups is 1. The second-order valence-corrected chi connectivity index (χ2v) is 20.8. The van der Waals surface area contributed by atoms with Gasteiger partial charge in [0.05, 0.1) is 34.9 Å². The summed E-state index contributed by atoms with van der Waals surface area (Å²) in [6.45, 7) is 9.30. The molecule has 8 amide bonds. The van der Waals surface area contributed by atoms with Gasteiger partial charge in [-0.05, 0) is 97.4 Å². The molecule has 8 rings (SSSR count). The number of aromatic nitrogens is 3. The number of urea groups is 1. The van der Waals surface area contributed by atoms with Gasteiger partial charge in [-0.3, -0.25) is 38.3 Å². The molecule has 418 valence electrons. The van der Waals surface area contributed by atoms with Crippen LogP contribution in [0.1, 0.15) is 87.7 Å². The van der Waals surface area contributed by atoms with Crippen LogP contribution in [0.5, 0.6) is 0 Å². The van der Waals surface area contributed by atoms with Crippen molar-refractivity contribution in [1.82, 2.24) is 50.7 Å². The highest BCUT2D eigenvalue weighted by Gasteiger charge is 2.56. The van der Waals surface area contributed by atoms with Crippen molar-refractivity contribution in [2.75, 3.05) is 32.7 Å². The van der Waals surface area contributed by atoms with Gasteiger partial charge in [0.25, 0.3) is 5.91 Å². The SMILES string of the molecule is CC(C)C.C[C@H](N(Cc1ccc(F)cc1)C(=O)CN1C(=O)N[C@]2(CCc3cc(-c4cnn(CC(=O)NCCCCC(=O)NCC(=O)N5CC[C@@H](O)C5)c4)ccc32)C1=O)C(F)(F)F.Cc1ncsc1-c1ccc(CNC=O)cc1. The van der Waals surface area contributed by atoms with Crippen molar-refractivity contribution < 1.29 is 56.2 Å². The first kappa shape index (κ1) is 59.7. The number of aliphatic hydroxyl groups excluding tert-OH is 1. The number of hydrogen-bond acceptors (Lipinski definition) is 11. The highest BCUT2D eigenvalue weighted by Crippen LogP contribution is 2.43. The van der Waals surface area contributed by atoms with Crippen molar-refractivity contribution >= 4 is 53.3 Å².